The van der Waals surface area contributed by atoms with Crippen LogP contribution in [0.3, 0.4) is 0 Å². The van der Waals surface area contributed by atoms with Gasteiger partial charge in [0.1, 0.15) is 5.76 Å². The zero-order valence-corrected chi connectivity index (χ0v) is 17.1. The van der Waals surface area contributed by atoms with Crippen LogP contribution in [0.25, 0.3) is 16.3 Å². The predicted octanol–water partition coefficient (Wildman–Crippen LogP) is 3.90. The third-order valence-corrected chi connectivity index (χ3v) is 6.60. The fraction of sp³-hybridized carbons (Fsp3) is 0.100. The van der Waals surface area contributed by atoms with E-state index in [-0.39, 0.29) is 23.9 Å². The van der Waals surface area contributed by atoms with E-state index in [4.69, 9.17) is 4.42 Å². The molecule has 0 aliphatic rings. The van der Waals surface area contributed by atoms with E-state index in [0.717, 1.165) is 0 Å². The van der Waals surface area contributed by atoms with Gasteiger partial charge in [0.15, 0.2) is 5.13 Å². The van der Waals surface area contributed by atoms with Gasteiger partial charge >= 0.3 is 0 Å². The van der Waals surface area contributed by atoms with E-state index in [1.165, 1.54) is 46.2 Å². The van der Waals surface area contributed by atoms with Gasteiger partial charge in [0.2, 0.25) is 15.9 Å². The third kappa shape index (κ3) is 4.89. The van der Waals surface area contributed by atoms with Gasteiger partial charge in [-0.15, -0.1) is 13.2 Å². The van der Waals surface area contributed by atoms with Crippen molar-refractivity contribution in [1.82, 2.24) is 9.29 Å². The number of benzene rings is 1. The largest absolute Gasteiger partial charge is 0.465 e. The zero-order valence-electron chi connectivity index (χ0n) is 15.4. The Bertz CT molecular complexity index is 1150. The Labute approximate surface area is 172 Å². The fourth-order valence-electron chi connectivity index (χ4n) is 2.52. The van der Waals surface area contributed by atoms with Crippen molar-refractivity contribution in [2.24, 2.45) is 0 Å². The predicted molar refractivity (Wildman–Crippen MR) is 115 cm³/mol. The lowest BCUT2D eigenvalue weighted by Gasteiger charge is -2.18. The molecule has 0 bridgehead atoms. The molecule has 0 unspecified atom stereocenters. The minimum Gasteiger partial charge on any atom is -0.465 e. The Balaban J connectivity index is 1.81. The number of thiazole rings is 1. The number of hydrogen-bond donors (Lipinski definition) is 1. The van der Waals surface area contributed by atoms with Gasteiger partial charge in [0, 0.05) is 19.2 Å². The number of nitrogens with zero attached hydrogens (tertiary/aromatic N) is 2. The Morgan fingerprint density at radius 2 is 2.00 bits per heavy atom. The highest BCUT2D eigenvalue weighted by atomic mass is 32.2. The number of aromatic nitrogens is 1. The van der Waals surface area contributed by atoms with Crippen molar-refractivity contribution >= 4 is 48.7 Å². The van der Waals surface area contributed by atoms with Crippen LogP contribution < -0.4 is 5.32 Å². The average molecular weight is 430 g/mol. The number of carbonyl (C=O) groups excluding carboxylic acids is 1. The molecule has 2 aromatic heterocycles. The molecule has 0 spiro atoms. The molecule has 1 N–H and O–H groups in total. The van der Waals surface area contributed by atoms with Crippen molar-refractivity contribution in [3.8, 4) is 0 Å². The molecule has 3 aromatic rings. The molecule has 0 aliphatic carbocycles. The van der Waals surface area contributed by atoms with Gasteiger partial charge in [0.05, 0.1) is 21.4 Å². The minimum atomic E-state index is -3.70. The summed E-state index contributed by atoms with van der Waals surface area (Å²) in [5.41, 5.74) is 0.596. The molecule has 0 aliphatic heterocycles. The first-order valence-electron chi connectivity index (χ1n) is 8.59. The van der Waals surface area contributed by atoms with Gasteiger partial charge in [-0.1, -0.05) is 23.5 Å². The van der Waals surface area contributed by atoms with Crippen LogP contribution in [0.2, 0.25) is 0 Å². The number of carbonyl (C=O) groups is 1. The second-order valence-electron chi connectivity index (χ2n) is 5.89. The molecule has 0 atom stereocenters. The molecule has 2 heterocycles. The van der Waals surface area contributed by atoms with Gasteiger partial charge < -0.3 is 4.42 Å². The summed E-state index contributed by atoms with van der Waals surface area (Å²) in [6.07, 6.45) is 7.44. The first kappa shape index (κ1) is 20.7. The highest BCUT2D eigenvalue weighted by Gasteiger charge is 2.23. The van der Waals surface area contributed by atoms with Crippen LogP contribution >= 0.6 is 11.3 Å². The molecule has 0 saturated carbocycles. The summed E-state index contributed by atoms with van der Waals surface area (Å²) in [5, 5.41) is 3.04. The molecule has 0 fully saturated rings. The summed E-state index contributed by atoms with van der Waals surface area (Å²) in [4.78, 5) is 16.5. The van der Waals surface area contributed by atoms with Crippen molar-refractivity contribution in [2.45, 2.75) is 4.90 Å². The SMILES string of the molecule is C=CCN(CC=C)S(=O)(=O)c1ccc2nc(NC(=O)C=Cc3ccco3)sc2c1. The Morgan fingerprint density at radius 3 is 2.66 bits per heavy atom. The van der Waals surface area contributed by atoms with Gasteiger partial charge in [-0.25, -0.2) is 13.4 Å². The molecule has 1 aromatic carbocycles. The molecule has 7 nitrogen and oxygen atoms in total. The van der Waals surface area contributed by atoms with E-state index in [0.29, 0.717) is 21.1 Å². The topological polar surface area (TPSA) is 92.5 Å². The molecular weight excluding hydrogens is 410 g/mol. The van der Waals surface area contributed by atoms with Crippen LogP contribution in [-0.4, -0.2) is 36.7 Å². The number of hydrogen-bond acceptors (Lipinski definition) is 6. The number of furan rings is 1. The van der Waals surface area contributed by atoms with Crippen molar-refractivity contribution in [2.75, 3.05) is 18.4 Å². The summed E-state index contributed by atoms with van der Waals surface area (Å²) in [5.74, 6) is 0.194. The van der Waals surface area contributed by atoms with Crippen LogP contribution in [0.15, 0.2) is 77.3 Å². The summed E-state index contributed by atoms with van der Waals surface area (Å²) in [6.45, 7) is 7.56. The van der Waals surface area contributed by atoms with Gasteiger partial charge in [0.25, 0.3) is 0 Å². The maximum Gasteiger partial charge on any atom is 0.250 e. The molecule has 9 heteroatoms. The highest BCUT2D eigenvalue weighted by molar-refractivity contribution is 7.89. The van der Waals surface area contributed by atoms with Crippen molar-refractivity contribution in [3.05, 3.63) is 73.7 Å². The second kappa shape index (κ2) is 8.99. The van der Waals surface area contributed by atoms with Crippen molar-refractivity contribution in [1.29, 1.82) is 0 Å². The maximum absolute atomic E-state index is 12.9. The van der Waals surface area contributed by atoms with E-state index in [1.54, 1.807) is 30.3 Å². The molecule has 1 amide bonds. The molecule has 3 rings (SSSR count). The summed E-state index contributed by atoms with van der Waals surface area (Å²) in [7, 11) is -3.70. The number of amides is 1. The molecule has 0 saturated heterocycles. The Morgan fingerprint density at radius 1 is 1.24 bits per heavy atom. The lowest BCUT2D eigenvalue weighted by molar-refractivity contribution is -0.111. The van der Waals surface area contributed by atoms with Crippen LogP contribution in [0, 0.1) is 0 Å². The lowest BCUT2D eigenvalue weighted by atomic mass is 10.3. The minimum absolute atomic E-state index is 0.146. The van der Waals surface area contributed by atoms with Gasteiger partial charge in [-0.05, 0) is 36.4 Å². The molecule has 29 heavy (non-hydrogen) atoms. The fourth-order valence-corrected chi connectivity index (χ4v) is 4.91. The molecule has 150 valence electrons. The normalized spacial score (nSPS) is 11.9. The van der Waals surface area contributed by atoms with Gasteiger partial charge in [-0.3, -0.25) is 10.1 Å². The third-order valence-electron chi connectivity index (χ3n) is 3.84. The van der Waals surface area contributed by atoms with E-state index in [9.17, 15) is 13.2 Å². The number of anilines is 1. The van der Waals surface area contributed by atoms with Crippen molar-refractivity contribution in [3.63, 3.8) is 0 Å². The first-order chi connectivity index (χ1) is 13.9. The molecule has 0 radical (unpaired) electrons. The quantitative estimate of drug-likeness (QED) is 0.411. The van der Waals surface area contributed by atoms with Crippen LogP contribution in [0.1, 0.15) is 5.76 Å². The maximum atomic E-state index is 12.9. The van der Waals surface area contributed by atoms with Crippen LogP contribution in [0.5, 0.6) is 0 Å². The van der Waals surface area contributed by atoms with E-state index >= 15 is 0 Å². The Kier molecular flexibility index (Phi) is 6.42. The molecular formula is C20H19N3O4S2. The zero-order chi connectivity index (χ0) is 20.9. The highest BCUT2D eigenvalue weighted by Crippen LogP contribution is 2.29. The van der Waals surface area contributed by atoms with E-state index < -0.39 is 10.0 Å². The second-order valence-corrected chi connectivity index (χ2v) is 8.85. The standard InChI is InChI=1S/C20H19N3O4S2/c1-3-11-23(12-4-2)29(25,26)16-8-9-17-18(14-16)28-20(21-17)22-19(24)10-7-15-6-5-13-27-15/h3-10,13-14H,1-2,11-12H2,(H,21,22,24). The van der Waals surface area contributed by atoms with Gasteiger partial charge in [-0.2, -0.15) is 4.31 Å². The number of sulfonamides is 1. The summed E-state index contributed by atoms with van der Waals surface area (Å²) >= 11 is 1.19. The number of fused-ring (bicyclic) bond motifs is 1. The van der Waals surface area contributed by atoms with E-state index in [1.807, 2.05) is 0 Å². The summed E-state index contributed by atoms with van der Waals surface area (Å²) < 4.78 is 32.8. The number of rotatable bonds is 9. The van der Waals surface area contributed by atoms with Crippen LogP contribution in [0.4, 0.5) is 5.13 Å². The summed E-state index contributed by atoms with van der Waals surface area (Å²) in [6, 6.07) is 8.12. The first-order valence-corrected chi connectivity index (χ1v) is 10.8. The van der Waals surface area contributed by atoms with E-state index in [2.05, 4.69) is 23.5 Å². The Hall–Kier alpha value is -3.01. The lowest BCUT2D eigenvalue weighted by Crippen LogP contribution is -2.31. The smallest absolute Gasteiger partial charge is 0.250 e. The number of nitrogens with one attached hydrogen (secondary N) is 1. The van der Waals surface area contributed by atoms with Crippen LogP contribution in [-0.2, 0) is 14.8 Å². The monoisotopic (exact) mass is 429 g/mol. The average Bonchev–Trinajstić information content (AvgIpc) is 3.34. The van der Waals surface area contributed by atoms with Crippen molar-refractivity contribution < 1.29 is 17.6 Å².